The lowest BCUT2D eigenvalue weighted by Crippen LogP contribution is -2.47. The molecule has 104 valence electrons. The molecule has 18 heavy (non-hydrogen) atoms. The van der Waals surface area contributed by atoms with Crippen LogP contribution in [0.4, 0.5) is 4.79 Å². The van der Waals surface area contributed by atoms with Crippen molar-refractivity contribution in [3.8, 4) is 0 Å². The highest BCUT2D eigenvalue weighted by atomic mass is 16.2. The van der Waals surface area contributed by atoms with E-state index < -0.39 is 0 Å². The molecular formula is C15H28N2O. The highest BCUT2D eigenvalue weighted by Gasteiger charge is 2.22. The van der Waals surface area contributed by atoms with Crippen LogP contribution < -0.4 is 5.32 Å². The summed E-state index contributed by atoms with van der Waals surface area (Å²) in [5.41, 5.74) is 0. The van der Waals surface area contributed by atoms with Crippen LogP contribution in [0.25, 0.3) is 0 Å². The van der Waals surface area contributed by atoms with Gasteiger partial charge < -0.3 is 10.2 Å². The molecule has 2 rings (SSSR count). The monoisotopic (exact) mass is 252 g/mol. The first kappa shape index (κ1) is 13.7. The first-order valence-electron chi connectivity index (χ1n) is 7.81. The van der Waals surface area contributed by atoms with Gasteiger partial charge in [-0.1, -0.05) is 39.0 Å². The first-order valence-corrected chi connectivity index (χ1v) is 7.81. The predicted molar refractivity (Wildman–Crippen MR) is 74.6 cm³/mol. The third-order valence-electron chi connectivity index (χ3n) is 4.50. The maximum atomic E-state index is 12.2. The van der Waals surface area contributed by atoms with E-state index in [9.17, 15) is 4.79 Å². The number of piperidine rings is 1. The third kappa shape index (κ3) is 4.18. The molecule has 1 aliphatic carbocycles. The summed E-state index contributed by atoms with van der Waals surface area (Å²) in [6, 6.07) is 0.615. The number of carbonyl (C=O) groups excluding carboxylic acids is 1. The van der Waals surface area contributed by atoms with E-state index in [1.165, 1.54) is 44.9 Å². The molecule has 2 aliphatic rings. The number of nitrogens with one attached hydrogen (secondary N) is 1. The number of hydrogen-bond donors (Lipinski definition) is 1. The molecule has 0 spiro atoms. The maximum Gasteiger partial charge on any atom is 0.317 e. The fourth-order valence-corrected chi connectivity index (χ4v) is 3.08. The molecule has 3 heteroatoms. The number of carbonyl (C=O) groups is 1. The Morgan fingerprint density at radius 1 is 0.944 bits per heavy atom. The van der Waals surface area contributed by atoms with Crippen molar-refractivity contribution in [2.45, 2.75) is 70.8 Å². The molecular weight excluding hydrogens is 224 g/mol. The van der Waals surface area contributed by atoms with Crippen LogP contribution >= 0.6 is 0 Å². The van der Waals surface area contributed by atoms with Gasteiger partial charge in [-0.15, -0.1) is 0 Å². The molecule has 1 saturated heterocycles. The number of amides is 2. The van der Waals surface area contributed by atoms with Crippen molar-refractivity contribution in [3.05, 3.63) is 0 Å². The van der Waals surface area contributed by atoms with Crippen LogP contribution in [0.3, 0.4) is 0 Å². The molecule has 0 aromatic heterocycles. The van der Waals surface area contributed by atoms with Crippen LogP contribution in [0, 0.1) is 5.92 Å². The van der Waals surface area contributed by atoms with Gasteiger partial charge in [-0.25, -0.2) is 4.79 Å². The van der Waals surface area contributed by atoms with Crippen LogP contribution in [0.1, 0.15) is 64.7 Å². The van der Waals surface area contributed by atoms with E-state index in [2.05, 4.69) is 12.2 Å². The Hall–Kier alpha value is -0.730. The van der Waals surface area contributed by atoms with Gasteiger partial charge in [0.25, 0.3) is 0 Å². The topological polar surface area (TPSA) is 32.3 Å². The summed E-state index contributed by atoms with van der Waals surface area (Å²) in [4.78, 5) is 14.2. The van der Waals surface area contributed by atoms with Crippen LogP contribution in [0.15, 0.2) is 0 Å². The molecule has 2 fully saturated rings. The highest BCUT2D eigenvalue weighted by Crippen LogP contribution is 2.19. The summed E-state index contributed by atoms with van der Waals surface area (Å²) in [5, 5.41) is 3.26. The number of urea groups is 1. The average Bonchev–Trinajstić information content (AvgIpc) is 2.33. The molecule has 0 atom stereocenters. The summed E-state index contributed by atoms with van der Waals surface area (Å²) in [7, 11) is 0. The van der Waals surface area contributed by atoms with E-state index in [1.807, 2.05) is 4.90 Å². The second-order valence-electron chi connectivity index (χ2n) is 6.16. The molecule has 0 radical (unpaired) electrons. The predicted octanol–water partition coefficient (Wildman–Crippen LogP) is 3.54. The van der Waals surface area contributed by atoms with Gasteiger partial charge in [0.2, 0.25) is 0 Å². The second-order valence-corrected chi connectivity index (χ2v) is 6.16. The van der Waals surface area contributed by atoms with Crippen molar-refractivity contribution in [3.63, 3.8) is 0 Å². The Balaban J connectivity index is 1.75. The second kappa shape index (κ2) is 7.01. The molecule has 1 heterocycles. The third-order valence-corrected chi connectivity index (χ3v) is 4.50. The number of rotatable bonds is 1. The summed E-state index contributed by atoms with van der Waals surface area (Å²) in [6.07, 6.45) is 11.3. The van der Waals surface area contributed by atoms with E-state index in [0.717, 1.165) is 31.8 Å². The molecule has 0 aromatic carbocycles. The van der Waals surface area contributed by atoms with Crippen molar-refractivity contribution in [2.24, 2.45) is 5.92 Å². The average molecular weight is 252 g/mol. The van der Waals surface area contributed by atoms with Gasteiger partial charge in [-0.2, -0.15) is 0 Å². The van der Waals surface area contributed by atoms with Crippen molar-refractivity contribution >= 4 is 6.03 Å². The molecule has 1 aliphatic heterocycles. The first-order chi connectivity index (χ1) is 8.75. The van der Waals surface area contributed by atoms with Crippen molar-refractivity contribution < 1.29 is 4.79 Å². The van der Waals surface area contributed by atoms with Gasteiger partial charge in [0.15, 0.2) is 0 Å². The Labute approximate surface area is 111 Å². The minimum absolute atomic E-state index is 0.187. The van der Waals surface area contributed by atoms with Gasteiger partial charge in [0.1, 0.15) is 0 Å². The fourth-order valence-electron chi connectivity index (χ4n) is 3.08. The molecule has 1 N–H and O–H groups in total. The van der Waals surface area contributed by atoms with E-state index in [0.29, 0.717) is 6.04 Å². The summed E-state index contributed by atoms with van der Waals surface area (Å²) < 4.78 is 0. The van der Waals surface area contributed by atoms with Crippen LogP contribution in [0.5, 0.6) is 0 Å². The Morgan fingerprint density at radius 3 is 2.11 bits per heavy atom. The maximum absolute atomic E-state index is 12.2. The van der Waals surface area contributed by atoms with Crippen molar-refractivity contribution in [1.82, 2.24) is 10.2 Å². The van der Waals surface area contributed by atoms with E-state index in [-0.39, 0.29) is 6.03 Å². The number of nitrogens with zero attached hydrogens (tertiary/aromatic N) is 1. The normalized spacial score (nSPS) is 24.4. The quantitative estimate of drug-likeness (QED) is 0.760. The Morgan fingerprint density at radius 2 is 1.50 bits per heavy atom. The van der Waals surface area contributed by atoms with Crippen molar-refractivity contribution in [2.75, 3.05) is 13.1 Å². The number of likely N-dealkylation sites (tertiary alicyclic amines) is 1. The van der Waals surface area contributed by atoms with E-state index >= 15 is 0 Å². The zero-order valence-electron chi connectivity index (χ0n) is 11.8. The lowest BCUT2D eigenvalue weighted by Gasteiger charge is -2.32. The zero-order chi connectivity index (χ0) is 12.8. The van der Waals surface area contributed by atoms with Crippen molar-refractivity contribution in [1.29, 1.82) is 0 Å². The summed E-state index contributed by atoms with van der Waals surface area (Å²) >= 11 is 0. The lowest BCUT2D eigenvalue weighted by atomic mass is 9.96. The van der Waals surface area contributed by atoms with Crippen LogP contribution in [-0.2, 0) is 0 Å². The SMILES string of the molecule is CC1CCN(C(=O)NC2CCCCCCC2)CC1. The smallest absolute Gasteiger partial charge is 0.317 e. The summed E-state index contributed by atoms with van der Waals surface area (Å²) in [5.74, 6) is 0.787. The van der Waals surface area contributed by atoms with Gasteiger partial charge >= 0.3 is 6.03 Å². The molecule has 0 unspecified atom stereocenters. The van der Waals surface area contributed by atoms with E-state index in [1.54, 1.807) is 0 Å². The van der Waals surface area contributed by atoms with Gasteiger partial charge in [0.05, 0.1) is 0 Å². The largest absolute Gasteiger partial charge is 0.335 e. The van der Waals surface area contributed by atoms with Gasteiger partial charge in [-0.05, 0) is 31.6 Å². The highest BCUT2D eigenvalue weighted by molar-refractivity contribution is 5.74. The van der Waals surface area contributed by atoms with Crippen LogP contribution in [-0.4, -0.2) is 30.1 Å². The summed E-state index contributed by atoms with van der Waals surface area (Å²) in [6.45, 7) is 4.17. The Bertz CT molecular complexity index is 251. The molecule has 1 saturated carbocycles. The molecule has 3 nitrogen and oxygen atoms in total. The minimum Gasteiger partial charge on any atom is -0.335 e. The Kier molecular flexibility index (Phi) is 5.33. The van der Waals surface area contributed by atoms with Gasteiger partial charge in [0, 0.05) is 19.1 Å². The van der Waals surface area contributed by atoms with E-state index in [4.69, 9.17) is 0 Å². The molecule has 0 bridgehead atoms. The van der Waals surface area contributed by atoms with Gasteiger partial charge in [-0.3, -0.25) is 0 Å². The van der Waals surface area contributed by atoms with Crippen LogP contribution in [0.2, 0.25) is 0 Å². The lowest BCUT2D eigenvalue weighted by molar-refractivity contribution is 0.168. The molecule has 2 amide bonds. The standard InChI is InChI=1S/C15H28N2O/c1-13-9-11-17(12-10-13)15(18)16-14-7-5-3-2-4-6-8-14/h13-14H,2-12H2,1H3,(H,16,18). The fraction of sp³-hybridized carbons (Fsp3) is 0.933. The zero-order valence-corrected chi connectivity index (χ0v) is 11.8. The minimum atomic E-state index is 0.187. The number of hydrogen-bond acceptors (Lipinski definition) is 1. The molecule has 0 aromatic rings.